The lowest BCUT2D eigenvalue weighted by molar-refractivity contribution is -0.145. The first-order valence-corrected chi connectivity index (χ1v) is 8.66. The third-order valence-electron chi connectivity index (χ3n) is 4.27. The van der Waals surface area contributed by atoms with Crippen LogP contribution < -0.4 is 5.32 Å². The molecule has 0 aromatic carbocycles. The molecule has 0 spiro atoms. The number of piperidine rings is 1. The van der Waals surface area contributed by atoms with Crippen molar-refractivity contribution in [1.82, 2.24) is 15.2 Å². The van der Waals surface area contributed by atoms with E-state index in [2.05, 4.69) is 17.2 Å². The van der Waals surface area contributed by atoms with Gasteiger partial charge in [-0.1, -0.05) is 6.07 Å². The highest BCUT2D eigenvalue weighted by Crippen LogP contribution is 2.20. The number of amides is 1. The van der Waals surface area contributed by atoms with Gasteiger partial charge in [0.1, 0.15) is 0 Å². The van der Waals surface area contributed by atoms with E-state index < -0.39 is 0 Å². The van der Waals surface area contributed by atoms with Gasteiger partial charge in [-0.3, -0.25) is 14.6 Å². The third-order valence-corrected chi connectivity index (χ3v) is 4.27. The predicted octanol–water partition coefficient (Wildman–Crippen LogP) is 1.75. The van der Waals surface area contributed by atoms with Crippen molar-refractivity contribution < 1.29 is 14.3 Å². The number of nitrogens with zero attached hydrogens (tertiary/aromatic N) is 2. The summed E-state index contributed by atoms with van der Waals surface area (Å²) >= 11 is 0. The van der Waals surface area contributed by atoms with Crippen molar-refractivity contribution in [3.63, 3.8) is 0 Å². The summed E-state index contributed by atoms with van der Waals surface area (Å²) in [7, 11) is 0. The van der Waals surface area contributed by atoms with Crippen LogP contribution in [0.25, 0.3) is 0 Å². The summed E-state index contributed by atoms with van der Waals surface area (Å²) in [4.78, 5) is 30.5. The van der Waals surface area contributed by atoms with Gasteiger partial charge in [0.2, 0.25) is 5.91 Å². The maximum atomic E-state index is 12.9. The number of hydrogen-bond donors (Lipinski definition) is 1. The normalized spacial score (nSPS) is 20.4. The number of esters is 1. The molecule has 2 heterocycles. The van der Waals surface area contributed by atoms with Gasteiger partial charge in [0.25, 0.3) is 0 Å². The summed E-state index contributed by atoms with van der Waals surface area (Å²) < 4.78 is 4.99. The fourth-order valence-corrected chi connectivity index (χ4v) is 3.05. The van der Waals surface area contributed by atoms with Gasteiger partial charge in [0, 0.05) is 37.4 Å². The monoisotopic (exact) mass is 333 g/mol. The smallest absolute Gasteiger partial charge is 0.307 e. The van der Waals surface area contributed by atoms with Crippen molar-refractivity contribution >= 4 is 11.9 Å². The van der Waals surface area contributed by atoms with Gasteiger partial charge in [-0.25, -0.2) is 0 Å². The zero-order valence-corrected chi connectivity index (χ0v) is 14.5. The van der Waals surface area contributed by atoms with Crippen LogP contribution in [0.15, 0.2) is 24.5 Å². The van der Waals surface area contributed by atoms with Gasteiger partial charge < -0.3 is 15.0 Å². The number of carbonyl (C=O) groups is 2. The fraction of sp³-hybridized carbons (Fsp3) is 0.611. The minimum Gasteiger partial charge on any atom is -0.466 e. The van der Waals surface area contributed by atoms with E-state index in [1.165, 1.54) is 0 Å². The molecule has 1 aromatic heterocycles. The lowest BCUT2D eigenvalue weighted by atomic mass is 9.92. The van der Waals surface area contributed by atoms with E-state index >= 15 is 0 Å². The Morgan fingerprint density at radius 3 is 2.96 bits per heavy atom. The molecule has 6 nitrogen and oxygen atoms in total. The van der Waals surface area contributed by atoms with Gasteiger partial charge in [-0.15, -0.1) is 0 Å². The van der Waals surface area contributed by atoms with Crippen LogP contribution in [0.2, 0.25) is 0 Å². The molecule has 0 radical (unpaired) electrons. The zero-order chi connectivity index (χ0) is 17.4. The van der Waals surface area contributed by atoms with Crippen LogP contribution in [-0.2, 0) is 20.9 Å². The molecule has 1 aliphatic rings. The van der Waals surface area contributed by atoms with E-state index in [0.29, 0.717) is 25.7 Å². The highest BCUT2D eigenvalue weighted by Gasteiger charge is 2.29. The molecule has 0 unspecified atom stereocenters. The average Bonchev–Trinajstić information content (AvgIpc) is 2.59. The maximum Gasteiger partial charge on any atom is 0.307 e. The molecule has 1 N–H and O–H groups in total. The third kappa shape index (κ3) is 5.60. The highest BCUT2D eigenvalue weighted by atomic mass is 16.5. The van der Waals surface area contributed by atoms with Gasteiger partial charge in [0.15, 0.2) is 0 Å². The minimum atomic E-state index is -0.264. The topological polar surface area (TPSA) is 71.5 Å². The molecular formula is C18H27N3O3. The van der Waals surface area contributed by atoms with Crippen molar-refractivity contribution in [2.75, 3.05) is 19.7 Å². The summed E-state index contributed by atoms with van der Waals surface area (Å²) in [6, 6.07) is 4.15. The number of pyridine rings is 1. The van der Waals surface area contributed by atoms with Crippen LogP contribution >= 0.6 is 0 Å². The number of nitrogens with one attached hydrogen (secondary N) is 1. The molecule has 24 heavy (non-hydrogen) atoms. The van der Waals surface area contributed by atoms with Gasteiger partial charge in [-0.05, 0) is 44.9 Å². The number of hydrogen-bond acceptors (Lipinski definition) is 5. The van der Waals surface area contributed by atoms with E-state index in [4.69, 9.17) is 4.74 Å². The van der Waals surface area contributed by atoms with Crippen molar-refractivity contribution in [2.24, 2.45) is 5.92 Å². The zero-order valence-electron chi connectivity index (χ0n) is 14.5. The number of rotatable bonds is 7. The first kappa shape index (κ1) is 18.4. The van der Waals surface area contributed by atoms with E-state index in [1.54, 1.807) is 24.2 Å². The van der Waals surface area contributed by atoms with E-state index in [9.17, 15) is 9.59 Å². The lowest BCUT2D eigenvalue weighted by Gasteiger charge is -2.32. The first-order valence-electron chi connectivity index (χ1n) is 8.66. The molecule has 0 saturated carbocycles. The second kappa shape index (κ2) is 9.37. The lowest BCUT2D eigenvalue weighted by Crippen LogP contribution is -2.44. The Balaban J connectivity index is 2.03. The number of carbonyl (C=O) groups excluding carboxylic acids is 2. The number of ether oxygens (including phenoxy) is 1. The summed E-state index contributed by atoms with van der Waals surface area (Å²) in [5, 5.41) is 3.37. The standard InChI is InChI=1S/C18H27N3O3/c1-3-24-17(22)7-10-21(13-15-5-4-8-19-12-15)18(23)16-6-9-20-14(2)11-16/h4-5,8,12,14,16,20H,3,6-7,9-11,13H2,1-2H3/t14-,16-/m0/s1. The van der Waals surface area contributed by atoms with Crippen LogP contribution in [0.3, 0.4) is 0 Å². The van der Waals surface area contributed by atoms with E-state index in [-0.39, 0.29) is 24.2 Å². The first-order chi connectivity index (χ1) is 11.6. The highest BCUT2D eigenvalue weighted by molar-refractivity contribution is 5.79. The van der Waals surface area contributed by atoms with Crippen LogP contribution in [0.4, 0.5) is 0 Å². The Morgan fingerprint density at radius 2 is 2.29 bits per heavy atom. The molecule has 6 heteroatoms. The SMILES string of the molecule is CCOC(=O)CCN(Cc1cccnc1)C(=O)[C@H]1CCN[C@@H](C)C1. The quantitative estimate of drug-likeness (QED) is 0.770. The molecule has 1 amide bonds. The molecule has 0 bridgehead atoms. The van der Waals surface area contributed by atoms with Crippen LogP contribution in [0.5, 0.6) is 0 Å². The Labute approximate surface area is 143 Å². The Morgan fingerprint density at radius 1 is 1.46 bits per heavy atom. The van der Waals surface area contributed by atoms with Crippen LogP contribution in [0, 0.1) is 5.92 Å². The summed E-state index contributed by atoms with van der Waals surface area (Å²) in [6.45, 7) is 5.96. The van der Waals surface area contributed by atoms with E-state index in [0.717, 1.165) is 24.9 Å². The van der Waals surface area contributed by atoms with Crippen molar-refractivity contribution in [1.29, 1.82) is 0 Å². The van der Waals surface area contributed by atoms with Gasteiger partial charge in [-0.2, -0.15) is 0 Å². The van der Waals surface area contributed by atoms with Gasteiger partial charge in [0.05, 0.1) is 13.0 Å². The second-order valence-corrected chi connectivity index (χ2v) is 6.25. The maximum absolute atomic E-state index is 12.9. The molecule has 1 aromatic rings. The van der Waals surface area contributed by atoms with Crippen molar-refractivity contribution in [3.05, 3.63) is 30.1 Å². The second-order valence-electron chi connectivity index (χ2n) is 6.25. The molecular weight excluding hydrogens is 306 g/mol. The fourth-order valence-electron chi connectivity index (χ4n) is 3.05. The Bertz CT molecular complexity index is 536. The average molecular weight is 333 g/mol. The number of aromatic nitrogens is 1. The van der Waals surface area contributed by atoms with Crippen LogP contribution in [0.1, 0.15) is 38.7 Å². The summed E-state index contributed by atoms with van der Waals surface area (Å²) in [6.07, 6.45) is 5.37. The minimum absolute atomic E-state index is 0.0140. The molecule has 1 fully saturated rings. The summed E-state index contributed by atoms with van der Waals surface area (Å²) in [5.41, 5.74) is 0.969. The molecule has 1 aliphatic heterocycles. The van der Waals surface area contributed by atoms with Crippen molar-refractivity contribution in [2.45, 2.75) is 45.7 Å². The summed E-state index contributed by atoms with van der Waals surface area (Å²) in [5.74, 6) is -0.128. The Hall–Kier alpha value is -1.95. The van der Waals surface area contributed by atoms with E-state index in [1.807, 2.05) is 12.1 Å². The van der Waals surface area contributed by atoms with Gasteiger partial charge >= 0.3 is 5.97 Å². The molecule has 2 rings (SSSR count). The van der Waals surface area contributed by atoms with Crippen molar-refractivity contribution in [3.8, 4) is 0 Å². The molecule has 1 saturated heterocycles. The largest absolute Gasteiger partial charge is 0.466 e. The predicted molar refractivity (Wildman–Crippen MR) is 91.1 cm³/mol. The Kier molecular flexibility index (Phi) is 7.18. The molecule has 0 aliphatic carbocycles. The molecule has 132 valence electrons. The molecule has 2 atom stereocenters. The van der Waals surface area contributed by atoms with Crippen LogP contribution in [-0.4, -0.2) is 47.5 Å².